The molecule has 0 unspecified atom stereocenters. The summed E-state index contributed by atoms with van der Waals surface area (Å²) in [7, 11) is 7.20. The van der Waals surface area contributed by atoms with Gasteiger partial charge < -0.3 is 25.0 Å². The zero-order chi connectivity index (χ0) is 19.6. The van der Waals surface area contributed by atoms with Crippen LogP contribution in [0.4, 0.5) is 5.82 Å². The Bertz CT molecular complexity index is 752. The van der Waals surface area contributed by atoms with E-state index >= 15 is 0 Å². The third-order valence-corrected chi connectivity index (χ3v) is 3.91. The Hall–Kier alpha value is -2.87. The van der Waals surface area contributed by atoms with Gasteiger partial charge in [-0.15, -0.1) is 0 Å². The summed E-state index contributed by atoms with van der Waals surface area (Å²) < 4.78 is 10.5. The molecule has 146 valence electrons. The van der Waals surface area contributed by atoms with E-state index in [0.29, 0.717) is 36.0 Å². The highest BCUT2D eigenvalue weighted by atomic mass is 16.5. The molecular weight excluding hydrogens is 346 g/mol. The zero-order valence-corrected chi connectivity index (χ0v) is 16.3. The Labute approximate surface area is 159 Å². The average Bonchev–Trinajstić information content (AvgIpc) is 2.67. The minimum atomic E-state index is -0.228. The van der Waals surface area contributed by atoms with Crippen LogP contribution in [0, 0.1) is 0 Å². The van der Waals surface area contributed by atoms with Crippen molar-refractivity contribution < 1.29 is 14.3 Å². The summed E-state index contributed by atoms with van der Waals surface area (Å²) in [6.45, 7) is 2.10. The fourth-order valence-electron chi connectivity index (χ4n) is 2.43. The molecule has 1 aromatic heterocycles. The Morgan fingerprint density at radius 3 is 2.56 bits per heavy atom. The third kappa shape index (κ3) is 6.41. The monoisotopic (exact) mass is 373 g/mol. The third-order valence-electron chi connectivity index (χ3n) is 3.91. The summed E-state index contributed by atoms with van der Waals surface area (Å²) in [4.78, 5) is 22.6. The van der Waals surface area contributed by atoms with E-state index < -0.39 is 0 Å². The van der Waals surface area contributed by atoms with Crippen LogP contribution in [-0.4, -0.2) is 68.7 Å². The number of benzene rings is 1. The molecule has 1 aromatic carbocycles. The van der Waals surface area contributed by atoms with Crippen molar-refractivity contribution in [2.24, 2.45) is 0 Å². The van der Waals surface area contributed by atoms with E-state index in [9.17, 15) is 4.79 Å². The van der Waals surface area contributed by atoms with Gasteiger partial charge in [0, 0.05) is 25.7 Å². The summed E-state index contributed by atoms with van der Waals surface area (Å²) >= 11 is 0. The maximum absolute atomic E-state index is 12.3. The number of hydrogen-bond acceptors (Lipinski definition) is 7. The number of amides is 1. The molecule has 0 atom stereocenters. The van der Waals surface area contributed by atoms with Crippen molar-refractivity contribution in [3.8, 4) is 11.5 Å². The van der Waals surface area contributed by atoms with Crippen LogP contribution in [0.15, 0.2) is 30.6 Å². The summed E-state index contributed by atoms with van der Waals surface area (Å²) in [6, 6.07) is 7.36. The van der Waals surface area contributed by atoms with Crippen molar-refractivity contribution in [2.45, 2.75) is 6.42 Å². The van der Waals surface area contributed by atoms with E-state index in [0.717, 1.165) is 18.7 Å². The minimum absolute atomic E-state index is 0.228. The molecule has 0 fully saturated rings. The SMILES string of the molecule is COc1ccc(CCNC(=O)c2cc(NCCN(C)C)ncn2)cc1OC. The van der Waals surface area contributed by atoms with Gasteiger partial charge in [-0.3, -0.25) is 4.79 Å². The van der Waals surface area contributed by atoms with Crippen molar-refractivity contribution >= 4 is 11.7 Å². The molecule has 0 radical (unpaired) electrons. The highest BCUT2D eigenvalue weighted by molar-refractivity contribution is 5.92. The van der Waals surface area contributed by atoms with Gasteiger partial charge in [0.05, 0.1) is 14.2 Å². The molecule has 2 N–H and O–H groups in total. The normalized spacial score (nSPS) is 10.6. The molecule has 0 aliphatic rings. The lowest BCUT2D eigenvalue weighted by molar-refractivity contribution is 0.0949. The van der Waals surface area contributed by atoms with Crippen LogP contribution in [0.25, 0.3) is 0 Å². The second-order valence-electron chi connectivity index (χ2n) is 6.21. The van der Waals surface area contributed by atoms with Gasteiger partial charge in [0.25, 0.3) is 5.91 Å². The molecule has 0 aliphatic carbocycles. The number of carbonyl (C=O) groups is 1. The summed E-state index contributed by atoms with van der Waals surface area (Å²) in [5.41, 5.74) is 1.38. The van der Waals surface area contributed by atoms with Gasteiger partial charge in [-0.2, -0.15) is 0 Å². The van der Waals surface area contributed by atoms with Crippen molar-refractivity contribution in [3.05, 3.63) is 41.9 Å². The Balaban J connectivity index is 1.87. The Morgan fingerprint density at radius 2 is 1.85 bits per heavy atom. The lowest BCUT2D eigenvalue weighted by Gasteiger charge is -2.11. The molecule has 1 amide bonds. The van der Waals surface area contributed by atoms with Crippen LogP contribution < -0.4 is 20.1 Å². The van der Waals surface area contributed by atoms with E-state index in [1.54, 1.807) is 20.3 Å². The van der Waals surface area contributed by atoms with E-state index in [4.69, 9.17) is 9.47 Å². The molecule has 0 saturated heterocycles. The van der Waals surface area contributed by atoms with E-state index in [1.807, 2.05) is 32.3 Å². The first-order valence-electron chi connectivity index (χ1n) is 8.73. The largest absolute Gasteiger partial charge is 0.493 e. The summed E-state index contributed by atoms with van der Waals surface area (Å²) in [5, 5.41) is 6.06. The van der Waals surface area contributed by atoms with Crippen LogP contribution in [0.2, 0.25) is 0 Å². The van der Waals surface area contributed by atoms with Crippen LogP contribution in [0.5, 0.6) is 11.5 Å². The van der Waals surface area contributed by atoms with Crippen molar-refractivity contribution in [2.75, 3.05) is 53.3 Å². The zero-order valence-electron chi connectivity index (χ0n) is 16.3. The lowest BCUT2D eigenvalue weighted by Crippen LogP contribution is -2.27. The lowest BCUT2D eigenvalue weighted by atomic mass is 10.1. The second-order valence-corrected chi connectivity index (χ2v) is 6.21. The number of methoxy groups -OCH3 is 2. The van der Waals surface area contributed by atoms with Gasteiger partial charge in [0.1, 0.15) is 17.8 Å². The molecule has 2 rings (SSSR count). The molecule has 0 saturated carbocycles. The predicted molar refractivity (Wildman–Crippen MR) is 105 cm³/mol. The number of anilines is 1. The highest BCUT2D eigenvalue weighted by Crippen LogP contribution is 2.27. The van der Waals surface area contributed by atoms with Crippen molar-refractivity contribution in [3.63, 3.8) is 0 Å². The molecule has 0 spiro atoms. The van der Waals surface area contributed by atoms with Crippen molar-refractivity contribution in [1.82, 2.24) is 20.2 Å². The first-order chi connectivity index (χ1) is 13.0. The number of rotatable bonds is 10. The Kier molecular flexibility index (Phi) is 7.81. The van der Waals surface area contributed by atoms with E-state index in [2.05, 4.69) is 25.5 Å². The van der Waals surface area contributed by atoms with Crippen molar-refractivity contribution in [1.29, 1.82) is 0 Å². The smallest absolute Gasteiger partial charge is 0.270 e. The van der Waals surface area contributed by atoms with Gasteiger partial charge in [-0.25, -0.2) is 9.97 Å². The van der Waals surface area contributed by atoms with Gasteiger partial charge in [-0.1, -0.05) is 6.07 Å². The Morgan fingerprint density at radius 1 is 1.07 bits per heavy atom. The number of nitrogens with one attached hydrogen (secondary N) is 2. The number of aromatic nitrogens is 2. The van der Waals surface area contributed by atoms with Crippen LogP contribution in [0.3, 0.4) is 0 Å². The van der Waals surface area contributed by atoms with E-state index in [1.165, 1.54) is 6.33 Å². The standard InChI is InChI=1S/C19H27N5O3/c1-24(2)10-9-20-18-12-15(22-13-23-18)19(25)21-8-7-14-5-6-16(26-3)17(11-14)27-4/h5-6,11-13H,7-10H2,1-4H3,(H,21,25)(H,20,22,23). The number of nitrogens with zero attached hydrogens (tertiary/aromatic N) is 3. The van der Waals surface area contributed by atoms with Gasteiger partial charge in [0.15, 0.2) is 11.5 Å². The number of ether oxygens (including phenoxy) is 2. The molecule has 8 heteroatoms. The molecule has 1 heterocycles. The molecule has 8 nitrogen and oxygen atoms in total. The molecule has 27 heavy (non-hydrogen) atoms. The molecule has 0 bridgehead atoms. The average molecular weight is 373 g/mol. The molecular formula is C19H27N5O3. The fourth-order valence-corrected chi connectivity index (χ4v) is 2.43. The number of carbonyl (C=O) groups excluding carboxylic acids is 1. The molecule has 2 aromatic rings. The topological polar surface area (TPSA) is 88.6 Å². The first kappa shape index (κ1) is 20.4. The van der Waals surface area contributed by atoms with E-state index in [-0.39, 0.29) is 5.91 Å². The van der Waals surface area contributed by atoms with Gasteiger partial charge >= 0.3 is 0 Å². The number of hydrogen-bond donors (Lipinski definition) is 2. The fraction of sp³-hybridized carbons (Fsp3) is 0.421. The van der Waals surface area contributed by atoms with Gasteiger partial charge in [0.2, 0.25) is 0 Å². The minimum Gasteiger partial charge on any atom is -0.493 e. The van der Waals surface area contributed by atoms with Crippen LogP contribution in [0.1, 0.15) is 16.1 Å². The van der Waals surface area contributed by atoms with Gasteiger partial charge in [-0.05, 0) is 38.2 Å². The summed E-state index contributed by atoms with van der Waals surface area (Å²) in [5.74, 6) is 1.76. The number of likely N-dealkylation sites (N-methyl/N-ethyl adjacent to an activating group) is 1. The summed E-state index contributed by atoms with van der Waals surface area (Å²) in [6.07, 6.45) is 2.06. The molecule has 0 aliphatic heterocycles. The first-order valence-corrected chi connectivity index (χ1v) is 8.73. The quantitative estimate of drug-likeness (QED) is 0.651. The highest BCUT2D eigenvalue weighted by Gasteiger charge is 2.09. The second kappa shape index (κ2) is 10.3. The predicted octanol–water partition coefficient (Wildman–Crippen LogP) is 1.44. The van der Waals surface area contributed by atoms with Crippen LogP contribution in [-0.2, 0) is 6.42 Å². The maximum atomic E-state index is 12.3. The maximum Gasteiger partial charge on any atom is 0.270 e. The van der Waals surface area contributed by atoms with Crippen LogP contribution >= 0.6 is 0 Å².